The molecule has 0 fully saturated rings. The molecular weight excluding hydrogens is 449 g/mol. The maximum absolute atomic E-state index is 12.8. The third-order valence-corrected chi connectivity index (χ3v) is 5.48. The van der Waals surface area contributed by atoms with E-state index in [9.17, 15) is 27.6 Å². The molecule has 32 heavy (non-hydrogen) atoms. The van der Waals surface area contributed by atoms with Crippen molar-refractivity contribution in [1.82, 2.24) is 10.9 Å². The Labute approximate surface area is 184 Å². The predicted molar refractivity (Wildman–Crippen MR) is 107 cm³/mol. The molecule has 0 aromatic heterocycles. The van der Waals surface area contributed by atoms with Gasteiger partial charge in [0.25, 0.3) is 5.91 Å². The van der Waals surface area contributed by atoms with E-state index < -0.39 is 41.3 Å². The second kappa shape index (κ2) is 9.61. The van der Waals surface area contributed by atoms with Gasteiger partial charge in [-0.1, -0.05) is 12.1 Å². The largest absolute Gasteiger partial charge is 0.482 e. The maximum Gasteiger partial charge on any atom is 0.416 e. The molecule has 0 spiro atoms. The van der Waals surface area contributed by atoms with Crippen molar-refractivity contribution in [3.63, 3.8) is 0 Å². The van der Waals surface area contributed by atoms with Crippen molar-refractivity contribution in [1.29, 1.82) is 5.26 Å². The minimum absolute atomic E-state index is 0.0228. The summed E-state index contributed by atoms with van der Waals surface area (Å²) in [5, 5.41) is 10.5. The highest BCUT2D eigenvalue weighted by Crippen LogP contribution is 2.40. The van der Waals surface area contributed by atoms with Gasteiger partial charge in [0.1, 0.15) is 11.8 Å². The lowest BCUT2D eigenvalue weighted by molar-refractivity contribution is -0.137. The highest BCUT2D eigenvalue weighted by molar-refractivity contribution is 8.01. The number of hydrazine groups is 1. The summed E-state index contributed by atoms with van der Waals surface area (Å²) < 4.78 is 43.7. The summed E-state index contributed by atoms with van der Waals surface area (Å²) in [5.41, 5.74) is 3.64. The number of nitrogens with zero attached hydrogens (tertiary/aromatic N) is 1. The van der Waals surface area contributed by atoms with E-state index >= 15 is 0 Å². The third kappa shape index (κ3) is 5.70. The zero-order valence-electron chi connectivity index (χ0n) is 16.2. The molecule has 3 rings (SSSR count). The van der Waals surface area contributed by atoms with E-state index in [1.165, 1.54) is 18.2 Å². The van der Waals surface area contributed by atoms with Gasteiger partial charge in [-0.3, -0.25) is 25.2 Å². The molecule has 1 atom stereocenters. The van der Waals surface area contributed by atoms with Crippen molar-refractivity contribution in [2.45, 2.75) is 22.7 Å². The number of ether oxygens (including phenoxy) is 1. The van der Waals surface area contributed by atoms with Crippen LogP contribution in [0.25, 0.3) is 0 Å². The molecule has 1 aliphatic heterocycles. The van der Waals surface area contributed by atoms with E-state index in [1.807, 2.05) is 6.07 Å². The second-order valence-corrected chi connectivity index (χ2v) is 7.75. The summed E-state index contributed by atoms with van der Waals surface area (Å²) in [6.45, 7) is -0.466. The molecule has 1 aliphatic rings. The van der Waals surface area contributed by atoms with Gasteiger partial charge in [-0.05, 0) is 30.3 Å². The van der Waals surface area contributed by atoms with Crippen molar-refractivity contribution < 1.29 is 32.3 Å². The summed E-state index contributed by atoms with van der Waals surface area (Å²) in [4.78, 5) is 36.5. The Hall–Kier alpha value is -3.72. The molecule has 2 aromatic carbocycles. The zero-order chi connectivity index (χ0) is 23.3. The first-order valence-electron chi connectivity index (χ1n) is 9.05. The Morgan fingerprint density at radius 1 is 1.16 bits per heavy atom. The molecule has 12 heteroatoms. The van der Waals surface area contributed by atoms with Crippen LogP contribution < -0.4 is 20.9 Å². The molecule has 3 N–H and O–H groups in total. The number of amides is 3. The third-order valence-electron chi connectivity index (χ3n) is 4.20. The number of halogens is 3. The fourth-order valence-electron chi connectivity index (χ4n) is 2.68. The number of hydrogen-bond donors (Lipinski definition) is 3. The fraction of sp³-hybridized carbons (Fsp3) is 0.200. The monoisotopic (exact) mass is 464 g/mol. The second-order valence-electron chi connectivity index (χ2n) is 6.50. The van der Waals surface area contributed by atoms with E-state index in [4.69, 9.17) is 10.00 Å². The number of anilines is 1. The number of nitriles is 1. The molecule has 0 saturated carbocycles. The number of rotatable bonds is 5. The SMILES string of the molecule is N#Cc1ccccc1OCC(=O)NNC(=O)CC1Sc2ccc(C(F)(F)F)cc2NC1=O. The van der Waals surface area contributed by atoms with Crippen LogP contribution in [0.2, 0.25) is 0 Å². The van der Waals surface area contributed by atoms with Crippen molar-refractivity contribution in [3.05, 3.63) is 53.6 Å². The molecule has 0 aliphatic carbocycles. The van der Waals surface area contributed by atoms with Gasteiger partial charge >= 0.3 is 6.18 Å². The highest BCUT2D eigenvalue weighted by Gasteiger charge is 2.34. The summed E-state index contributed by atoms with van der Waals surface area (Å²) in [5.74, 6) is -1.80. The van der Waals surface area contributed by atoms with Gasteiger partial charge < -0.3 is 10.1 Å². The molecule has 1 heterocycles. The van der Waals surface area contributed by atoms with Gasteiger partial charge in [0.2, 0.25) is 11.8 Å². The van der Waals surface area contributed by atoms with Crippen LogP contribution in [0.1, 0.15) is 17.5 Å². The molecule has 1 unspecified atom stereocenters. The molecule has 8 nitrogen and oxygen atoms in total. The van der Waals surface area contributed by atoms with Crippen LogP contribution in [-0.4, -0.2) is 29.6 Å². The van der Waals surface area contributed by atoms with Crippen LogP contribution in [0.4, 0.5) is 18.9 Å². The first-order valence-corrected chi connectivity index (χ1v) is 9.93. The number of para-hydroxylation sites is 1. The first-order chi connectivity index (χ1) is 15.2. The molecule has 0 saturated heterocycles. The van der Waals surface area contributed by atoms with Crippen molar-refractivity contribution >= 4 is 35.2 Å². The quantitative estimate of drug-likeness (QED) is 0.585. The predicted octanol–water partition coefficient (Wildman–Crippen LogP) is 2.61. The number of benzene rings is 2. The standard InChI is InChI=1S/C20H15F3N4O4S/c21-20(22,23)12-5-6-15-13(7-12)25-19(30)16(32-15)8-17(28)26-27-18(29)10-31-14-4-2-1-3-11(14)9-24/h1-7,16H,8,10H2,(H,25,30)(H,26,28)(H,27,29). The lowest BCUT2D eigenvalue weighted by Crippen LogP contribution is -2.45. The van der Waals surface area contributed by atoms with E-state index in [0.29, 0.717) is 4.90 Å². The van der Waals surface area contributed by atoms with Crippen LogP contribution in [0.5, 0.6) is 5.75 Å². The van der Waals surface area contributed by atoms with Crippen LogP contribution in [0, 0.1) is 11.3 Å². The molecular formula is C20H15F3N4O4S. The lowest BCUT2D eigenvalue weighted by atomic mass is 10.1. The summed E-state index contributed by atoms with van der Waals surface area (Å²) in [6.07, 6.45) is -4.87. The number of alkyl halides is 3. The van der Waals surface area contributed by atoms with Crippen molar-refractivity contribution in [2.75, 3.05) is 11.9 Å². The Kier molecular flexibility index (Phi) is 6.89. The Bertz CT molecular complexity index is 1100. The van der Waals surface area contributed by atoms with Gasteiger partial charge in [-0.25, -0.2) is 0 Å². The van der Waals surface area contributed by atoms with Crippen LogP contribution in [0.15, 0.2) is 47.4 Å². The Morgan fingerprint density at radius 2 is 1.88 bits per heavy atom. The molecule has 166 valence electrons. The van der Waals surface area contributed by atoms with E-state index in [-0.39, 0.29) is 23.4 Å². The van der Waals surface area contributed by atoms with Crippen LogP contribution in [-0.2, 0) is 20.6 Å². The van der Waals surface area contributed by atoms with Gasteiger partial charge in [0.15, 0.2) is 6.61 Å². The summed E-state index contributed by atoms with van der Waals surface area (Å²) in [7, 11) is 0. The van der Waals surface area contributed by atoms with Gasteiger partial charge in [0, 0.05) is 11.3 Å². The number of nitrogens with one attached hydrogen (secondary N) is 3. The van der Waals surface area contributed by atoms with Crippen molar-refractivity contribution in [3.8, 4) is 11.8 Å². The van der Waals surface area contributed by atoms with Gasteiger partial charge in [-0.2, -0.15) is 18.4 Å². The average molecular weight is 464 g/mol. The average Bonchev–Trinajstić information content (AvgIpc) is 2.76. The molecule has 0 radical (unpaired) electrons. The number of fused-ring (bicyclic) bond motifs is 1. The molecule has 3 amide bonds. The molecule has 0 bridgehead atoms. The smallest absolute Gasteiger partial charge is 0.416 e. The number of carbonyl (C=O) groups excluding carboxylic acids is 3. The Balaban J connectivity index is 1.49. The number of carbonyl (C=O) groups is 3. The van der Waals surface area contributed by atoms with Gasteiger partial charge in [0.05, 0.1) is 22.1 Å². The number of hydrogen-bond acceptors (Lipinski definition) is 6. The van der Waals surface area contributed by atoms with Crippen LogP contribution in [0.3, 0.4) is 0 Å². The van der Waals surface area contributed by atoms with Crippen molar-refractivity contribution in [2.24, 2.45) is 0 Å². The topological polar surface area (TPSA) is 120 Å². The first kappa shape index (κ1) is 23.0. The Morgan fingerprint density at radius 3 is 2.59 bits per heavy atom. The van der Waals surface area contributed by atoms with Gasteiger partial charge in [-0.15, -0.1) is 11.8 Å². The normalized spacial score (nSPS) is 15.1. The fourth-order valence-corrected chi connectivity index (χ4v) is 3.77. The maximum atomic E-state index is 12.8. The summed E-state index contributed by atoms with van der Waals surface area (Å²) >= 11 is 0.950. The van der Waals surface area contributed by atoms with E-state index in [0.717, 1.165) is 23.9 Å². The van der Waals surface area contributed by atoms with Crippen LogP contribution >= 0.6 is 11.8 Å². The minimum Gasteiger partial charge on any atom is -0.482 e. The van der Waals surface area contributed by atoms with E-state index in [2.05, 4.69) is 16.2 Å². The zero-order valence-corrected chi connectivity index (χ0v) is 17.0. The molecule has 2 aromatic rings. The lowest BCUT2D eigenvalue weighted by Gasteiger charge is -2.24. The van der Waals surface area contributed by atoms with E-state index in [1.54, 1.807) is 12.1 Å². The highest BCUT2D eigenvalue weighted by atomic mass is 32.2. The minimum atomic E-state index is -4.54. The number of thioether (sulfide) groups is 1. The summed E-state index contributed by atoms with van der Waals surface area (Å²) in [6, 6.07) is 11.2.